The van der Waals surface area contributed by atoms with Crippen molar-refractivity contribution in [3.05, 3.63) is 65.5 Å². The maximum absolute atomic E-state index is 13.4. The summed E-state index contributed by atoms with van der Waals surface area (Å²) >= 11 is 0. The summed E-state index contributed by atoms with van der Waals surface area (Å²) < 4.78 is 58.9. The highest BCUT2D eigenvalue weighted by molar-refractivity contribution is 5.89. The Balaban J connectivity index is 1.93. The second-order valence-electron chi connectivity index (χ2n) is 5.31. The van der Waals surface area contributed by atoms with Crippen LogP contribution in [-0.4, -0.2) is 15.5 Å². The van der Waals surface area contributed by atoms with Crippen LogP contribution in [0.4, 0.5) is 17.6 Å². The van der Waals surface area contributed by atoms with E-state index in [0.717, 1.165) is 12.1 Å². The molecule has 1 aromatic heterocycles. The van der Waals surface area contributed by atoms with Crippen molar-refractivity contribution >= 4 is 17.0 Å². The molecular weight excluding hydrogens is 340 g/mol. The molecule has 0 radical (unpaired) electrons. The first-order valence-electron chi connectivity index (χ1n) is 7.29. The minimum absolute atomic E-state index is 0.165. The fourth-order valence-electron chi connectivity index (χ4n) is 2.51. The minimum Gasteiger partial charge on any atom is -0.451 e. The zero-order valence-corrected chi connectivity index (χ0v) is 12.9. The molecule has 2 aromatic carbocycles. The molecule has 3 aromatic rings. The van der Waals surface area contributed by atoms with Crippen LogP contribution in [0.2, 0.25) is 0 Å². The number of para-hydroxylation sites is 2. The number of hydrogen-bond acceptors (Lipinski definition) is 3. The average molecular weight is 352 g/mol. The summed E-state index contributed by atoms with van der Waals surface area (Å²) in [6.07, 6.45) is -1.15. The molecule has 1 atom stereocenters. The van der Waals surface area contributed by atoms with E-state index in [-0.39, 0.29) is 16.9 Å². The summed E-state index contributed by atoms with van der Waals surface area (Å²) in [7, 11) is 0. The monoisotopic (exact) mass is 352 g/mol. The number of benzene rings is 2. The second kappa shape index (κ2) is 6.54. The Kier molecular flexibility index (Phi) is 4.43. The zero-order valence-electron chi connectivity index (χ0n) is 12.9. The molecule has 0 aliphatic heterocycles. The molecule has 0 N–H and O–H groups in total. The third-order valence-electron chi connectivity index (χ3n) is 3.56. The average Bonchev–Trinajstić information content (AvgIpc) is 2.93. The summed E-state index contributed by atoms with van der Waals surface area (Å²) in [5.41, 5.74) is 0.147. The number of alkyl halides is 2. The number of imidazole rings is 1. The van der Waals surface area contributed by atoms with Crippen molar-refractivity contribution in [2.75, 3.05) is 0 Å². The Morgan fingerprint density at radius 3 is 2.40 bits per heavy atom. The van der Waals surface area contributed by atoms with Crippen LogP contribution in [0.15, 0.2) is 42.5 Å². The Bertz CT molecular complexity index is 919. The van der Waals surface area contributed by atoms with E-state index in [0.29, 0.717) is 16.2 Å². The van der Waals surface area contributed by atoms with E-state index in [4.69, 9.17) is 4.74 Å². The van der Waals surface area contributed by atoms with Crippen LogP contribution in [0.3, 0.4) is 0 Å². The van der Waals surface area contributed by atoms with Gasteiger partial charge in [0.1, 0.15) is 11.6 Å². The van der Waals surface area contributed by atoms with E-state index in [1.165, 1.54) is 13.0 Å². The van der Waals surface area contributed by atoms with Crippen LogP contribution < -0.4 is 0 Å². The van der Waals surface area contributed by atoms with Crippen molar-refractivity contribution in [1.29, 1.82) is 0 Å². The van der Waals surface area contributed by atoms with Gasteiger partial charge in [-0.2, -0.15) is 8.78 Å². The van der Waals surface area contributed by atoms with E-state index < -0.39 is 30.3 Å². The lowest BCUT2D eigenvalue weighted by Gasteiger charge is -2.15. The molecule has 0 spiro atoms. The van der Waals surface area contributed by atoms with E-state index in [1.54, 1.807) is 18.2 Å². The maximum Gasteiger partial charge on any atom is 0.339 e. The number of esters is 1. The molecule has 1 unspecified atom stereocenters. The lowest BCUT2D eigenvalue weighted by Crippen LogP contribution is -2.15. The Labute approximate surface area is 139 Å². The Morgan fingerprint density at radius 2 is 1.76 bits per heavy atom. The maximum atomic E-state index is 13.4. The third-order valence-corrected chi connectivity index (χ3v) is 3.56. The molecular formula is C17H12F4N2O2. The molecule has 0 aliphatic rings. The van der Waals surface area contributed by atoms with Crippen molar-refractivity contribution in [2.45, 2.75) is 19.6 Å². The van der Waals surface area contributed by atoms with Crippen LogP contribution in [0.1, 0.15) is 35.8 Å². The molecule has 4 nitrogen and oxygen atoms in total. The van der Waals surface area contributed by atoms with Gasteiger partial charge in [-0.3, -0.25) is 4.57 Å². The molecule has 0 fully saturated rings. The van der Waals surface area contributed by atoms with Gasteiger partial charge in [-0.05, 0) is 31.2 Å². The molecule has 3 rings (SSSR count). The predicted octanol–water partition coefficient (Wildman–Crippen LogP) is 4.63. The highest BCUT2D eigenvalue weighted by Crippen LogP contribution is 2.28. The molecule has 0 amide bonds. The Morgan fingerprint density at radius 1 is 1.12 bits per heavy atom. The first-order chi connectivity index (χ1) is 11.9. The van der Waals surface area contributed by atoms with E-state index in [9.17, 15) is 22.4 Å². The van der Waals surface area contributed by atoms with Gasteiger partial charge in [0, 0.05) is 6.07 Å². The zero-order chi connectivity index (χ0) is 18.1. The van der Waals surface area contributed by atoms with Gasteiger partial charge in [0.25, 0.3) is 0 Å². The van der Waals surface area contributed by atoms with Crippen molar-refractivity contribution in [3.63, 3.8) is 0 Å². The molecule has 0 bridgehead atoms. The van der Waals surface area contributed by atoms with Gasteiger partial charge in [0.15, 0.2) is 11.9 Å². The van der Waals surface area contributed by atoms with Gasteiger partial charge in [-0.25, -0.2) is 18.6 Å². The highest BCUT2D eigenvalue weighted by atomic mass is 19.3. The number of hydrogen-bond donors (Lipinski definition) is 0. The summed E-state index contributed by atoms with van der Waals surface area (Å²) in [6, 6.07) is 8.45. The van der Waals surface area contributed by atoms with E-state index >= 15 is 0 Å². The van der Waals surface area contributed by atoms with Gasteiger partial charge in [-0.1, -0.05) is 12.1 Å². The highest BCUT2D eigenvalue weighted by Gasteiger charge is 2.25. The standard InChI is InChI=1S/C17H12F4N2O2/c1-9(25-16(24)10-6-11(18)8-12(19)7-10)15-22-13-4-2-3-5-14(13)23(15)17(20)21/h2-9,17H,1H3. The fourth-order valence-corrected chi connectivity index (χ4v) is 2.51. The summed E-state index contributed by atoms with van der Waals surface area (Å²) in [5.74, 6) is -3.10. The number of nitrogens with zero attached hydrogens (tertiary/aromatic N) is 2. The summed E-state index contributed by atoms with van der Waals surface area (Å²) in [5, 5.41) is 0. The Hall–Kier alpha value is -2.90. The largest absolute Gasteiger partial charge is 0.451 e. The minimum atomic E-state index is -2.89. The molecule has 0 aliphatic carbocycles. The van der Waals surface area contributed by atoms with Crippen LogP contribution >= 0.6 is 0 Å². The second-order valence-corrected chi connectivity index (χ2v) is 5.31. The van der Waals surface area contributed by atoms with Gasteiger partial charge >= 0.3 is 12.5 Å². The van der Waals surface area contributed by atoms with Gasteiger partial charge in [0.2, 0.25) is 0 Å². The summed E-state index contributed by atoms with van der Waals surface area (Å²) in [6.45, 7) is -1.54. The molecule has 0 saturated carbocycles. The summed E-state index contributed by atoms with van der Waals surface area (Å²) in [4.78, 5) is 16.1. The number of carbonyl (C=O) groups excluding carboxylic acids is 1. The SMILES string of the molecule is CC(OC(=O)c1cc(F)cc(F)c1)c1nc2ccccc2n1C(F)F. The van der Waals surface area contributed by atoms with Gasteiger partial charge in [0.05, 0.1) is 16.6 Å². The van der Waals surface area contributed by atoms with Gasteiger partial charge in [-0.15, -0.1) is 0 Å². The molecule has 1 heterocycles. The molecule has 8 heteroatoms. The first-order valence-corrected chi connectivity index (χ1v) is 7.29. The molecule has 0 saturated heterocycles. The number of ether oxygens (including phenoxy) is 1. The van der Waals surface area contributed by atoms with Crippen molar-refractivity contribution in [1.82, 2.24) is 9.55 Å². The van der Waals surface area contributed by atoms with Crippen LogP contribution in [0.25, 0.3) is 11.0 Å². The van der Waals surface area contributed by atoms with E-state index in [1.807, 2.05) is 0 Å². The number of halogens is 4. The number of aromatic nitrogens is 2. The van der Waals surface area contributed by atoms with Crippen LogP contribution in [0, 0.1) is 11.6 Å². The van der Waals surface area contributed by atoms with Crippen LogP contribution in [0.5, 0.6) is 0 Å². The van der Waals surface area contributed by atoms with Crippen molar-refractivity contribution in [3.8, 4) is 0 Å². The lowest BCUT2D eigenvalue weighted by molar-refractivity contribution is 0.0232. The van der Waals surface area contributed by atoms with E-state index in [2.05, 4.69) is 4.98 Å². The topological polar surface area (TPSA) is 44.1 Å². The predicted molar refractivity (Wildman–Crippen MR) is 81.2 cm³/mol. The molecule has 25 heavy (non-hydrogen) atoms. The third kappa shape index (κ3) is 3.33. The number of rotatable bonds is 4. The van der Waals surface area contributed by atoms with Crippen molar-refractivity contribution in [2.24, 2.45) is 0 Å². The van der Waals surface area contributed by atoms with Crippen LogP contribution in [-0.2, 0) is 4.74 Å². The number of fused-ring (bicyclic) bond motifs is 1. The quantitative estimate of drug-likeness (QED) is 0.508. The first kappa shape index (κ1) is 16.9. The normalized spacial score (nSPS) is 12.6. The van der Waals surface area contributed by atoms with Gasteiger partial charge < -0.3 is 4.74 Å². The number of carbonyl (C=O) groups is 1. The lowest BCUT2D eigenvalue weighted by atomic mass is 10.2. The smallest absolute Gasteiger partial charge is 0.339 e. The van der Waals surface area contributed by atoms with Crippen molar-refractivity contribution < 1.29 is 27.1 Å². The molecule has 130 valence electrons. The fraction of sp³-hybridized carbons (Fsp3) is 0.176.